The zero-order valence-electron chi connectivity index (χ0n) is 19.0. The van der Waals surface area contributed by atoms with E-state index in [1.165, 1.54) is 36.0 Å². The number of amides is 3. The molecule has 0 unspecified atom stereocenters. The molecular weight excluding hydrogens is 488 g/mol. The quantitative estimate of drug-likeness (QED) is 0.170. The molecule has 0 aromatic heterocycles. The molecule has 3 amide bonds. The third kappa shape index (κ3) is 7.20. The Morgan fingerprint density at radius 3 is 2.51 bits per heavy atom. The number of aryl methyl sites for hydroxylation is 1. The third-order valence-electron chi connectivity index (χ3n) is 5.20. The van der Waals surface area contributed by atoms with Crippen molar-refractivity contribution in [2.75, 3.05) is 6.54 Å². The maximum absolute atomic E-state index is 12.7. The van der Waals surface area contributed by atoms with Crippen molar-refractivity contribution < 1.29 is 19.3 Å². The highest BCUT2D eigenvalue weighted by Gasteiger charge is 2.31. The molecule has 3 rings (SSSR count). The van der Waals surface area contributed by atoms with Gasteiger partial charge in [-0.3, -0.25) is 40.2 Å². The number of nitrogens with one attached hydrogen (secondary N) is 2. The summed E-state index contributed by atoms with van der Waals surface area (Å²) in [5.41, 5.74) is 6.07. The summed E-state index contributed by atoms with van der Waals surface area (Å²) in [6.45, 7) is 2.47. The molecule has 11 heteroatoms. The van der Waals surface area contributed by atoms with E-state index in [0.717, 1.165) is 11.1 Å². The molecule has 35 heavy (non-hydrogen) atoms. The highest BCUT2D eigenvalue weighted by molar-refractivity contribution is 8.26. The lowest BCUT2D eigenvalue weighted by Gasteiger charge is -2.14. The van der Waals surface area contributed by atoms with Gasteiger partial charge in [0, 0.05) is 19.0 Å². The minimum atomic E-state index is -0.765. The first-order chi connectivity index (χ1) is 16.8. The number of hydrogen-bond donors (Lipinski definition) is 2. The number of unbranched alkanes of at least 4 members (excludes halogenated alkanes) is 2. The van der Waals surface area contributed by atoms with Crippen molar-refractivity contribution in [1.82, 2.24) is 15.8 Å². The lowest BCUT2D eigenvalue weighted by molar-refractivity contribution is -0.385. The zero-order valence-corrected chi connectivity index (χ0v) is 20.6. The van der Waals surface area contributed by atoms with E-state index in [4.69, 9.17) is 12.2 Å². The lowest BCUT2D eigenvalue weighted by atomic mass is 10.1. The summed E-state index contributed by atoms with van der Waals surface area (Å²) in [6, 6.07) is 13.4. The lowest BCUT2D eigenvalue weighted by Crippen LogP contribution is -2.41. The van der Waals surface area contributed by atoms with Gasteiger partial charge in [0.15, 0.2) is 0 Å². The van der Waals surface area contributed by atoms with Crippen LogP contribution in [-0.2, 0) is 9.59 Å². The van der Waals surface area contributed by atoms with Crippen LogP contribution >= 0.6 is 24.0 Å². The predicted octanol–water partition coefficient (Wildman–Crippen LogP) is 4.13. The smallest absolute Gasteiger partial charge is 0.282 e. The van der Waals surface area contributed by atoms with Crippen molar-refractivity contribution in [3.63, 3.8) is 0 Å². The second-order valence-electron chi connectivity index (χ2n) is 7.83. The van der Waals surface area contributed by atoms with Crippen LogP contribution in [0.5, 0.6) is 0 Å². The Bertz CT molecular complexity index is 1180. The highest BCUT2D eigenvalue weighted by Crippen LogP contribution is 2.32. The van der Waals surface area contributed by atoms with Crippen LogP contribution in [0.3, 0.4) is 0 Å². The van der Waals surface area contributed by atoms with Crippen molar-refractivity contribution in [1.29, 1.82) is 0 Å². The zero-order chi connectivity index (χ0) is 25.4. The van der Waals surface area contributed by atoms with Crippen molar-refractivity contribution in [2.45, 2.75) is 32.6 Å². The SMILES string of the molecule is Cc1ccc(/C=C2\SC(=S)N(CCCCCC(=O)NNC(=O)c3ccccc3[N+](=O)[O-])C2=O)cc1. The first-order valence-corrected chi connectivity index (χ1v) is 12.1. The Morgan fingerprint density at radius 2 is 1.80 bits per heavy atom. The monoisotopic (exact) mass is 512 g/mol. The number of para-hydroxylation sites is 1. The third-order valence-corrected chi connectivity index (χ3v) is 6.57. The highest BCUT2D eigenvalue weighted by atomic mass is 32.2. The van der Waals surface area contributed by atoms with E-state index in [1.807, 2.05) is 37.3 Å². The largest absolute Gasteiger partial charge is 0.293 e. The fourth-order valence-electron chi connectivity index (χ4n) is 3.32. The molecule has 2 aromatic rings. The summed E-state index contributed by atoms with van der Waals surface area (Å²) in [6.07, 6.45) is 3.88. The number of hydrogen-bond acceptors (Lipinski definition) is 7. The van der Waals surface area contributed by atoms with Gasteiger partial charge in [-0.25, -0.2) is 0 Å². The minimum absolute atomic E-state index is 0.115. The van der Waals surface area contributed by atoms with Gasteiger partial charge in [-0.1, -0.05) is 72.4 Å². The van der Waals surface area contributed by atoms with Crippen molar-refractivity contribution in [3.8, 4) is 0 Å². The number of thioether (sulfide) groups is 1. The number of nitrogens with zero attached hydrogens (tertiary/aromatic N) is 2. The average molecular weight is 513 g/mol. The normalized spacial score (nSPS) is 14.3. The fraction of sp³-hybridized carbons (Fsp3) is 0.250. The topological polar surface area (TPSA) is 122 Å². The molecule has 1 saturated heterocycles. The van der Waals surface area contributed by atoms with Gasteiger partial charge in [0.25, 0.3) is 17.5 Å². The van der Waals surface area contributed by atoms with Crippen LogP contribution in [0.4, 0.5) is 5.69 Å². The number of thiocarbonyl (C=S) groups is 1. The number of carbonyl (C=O) groups is 3. The fourth-order valence-corrected chi connectivity index (χ4v) is 4.63. The molecule has 1 heterocycles. The van der Waals surface area contributed by atoms with Crippen molar-refractivity contribution in [2.24, 2.45) is 0 Å². The maximum Gasteiger partial charge on any atom is 0.282 e. The van der Waals surface area contributed by atoms with E-state index < -0.39 is 16.7 Å². The van der Waals surface area contributed by atoms with Crippen LogP contribution in [0.1, 0.15) is 47.2 Å². The molecular formula is C24H24N4O5S2. The van der Waals surface area contributed by atoms with Crippen LogP contribution in [0.15, 0.2) is 53.4 Å². The van der Waals surface area contributed by atoms with Gasteiger partial charge in [-0.15, -0.1) is 0 Å². The van der Waals surface area contributed by atoms with Gasteiger partial charge in [0.1, 0.15) is 9.88 Å². The number of hydrazine groups is 1. The van der Waals surface area contributed by atoms with Gasteiger partial charge < -0.3 is 0 Å². The molecule has 182 valence electrons. The van der Waals surface area contributed by atoms with Crippen LogP contribution in [0, 0.1) is 17.0 Å². The van der Waals surface area contributed by atoms with Crippen LogP contribution < -0.4 is 10.9 Å². The molecule has 0 bridgehead atoms. The van der Waals surface area contributed by atoms with E-state index in [0.29, 0.717) is 35.0 Å². The first kappa shape index (κ1) is 26.0. The first-order valence-electron chi connectivity index (χ1n) is 10.9. The van der Waals surface area contributed by atoms with Gasteiger partial charge in [-0.05, 0) is 37.5 Å². The van der Waals surface area contributed by atoms with Crippen molar-refractivity contribution in [3.05, 3.63) is 80.2 Å². The van der Waals surface area contributed by atoms with Crippen LogP contribution in [0.2, 0.25) is 0 Å². The van der Waals surface area contributed by atoms with E-state index in [2.05, 4.69) is 10.9 Å². The Labute approximate surface area is 212 Å². The second-order valence-corrected chi connectivity index (χ2v) is 9.51. The Hall–Kier alpha value is -3.57. The number of benzene rings is 2. The summed E-state index contributed by atoms with van der Waals surface area (Å²) in [7, 11) is 0. The Kier molecular flexibility index (Phi) is 9.10. The molecule has 0 aliphatic carbocycles. The standard InChI is InChI=1S/C24H24N4O5S2/c1-16-10-12-17(13-11-16)15-20-23(31)27(24(34)35-20)14-6-2-3-9-21(29)25-26-22(30)18-7-4-5-8-19(18)28(32)33/h4-5,7-8,10-13,15H,2-3,6,9,14H2,1H3,(H,25,29)(H,26,30)/b20-15-. The molecule has 0 spiro atoms. The van der Waals surface area contributed by atoms with E-state index in [9.17, 15) is 24.5 Å². The molecule has 0 atom stereocenters. The summed E-state index contributed by atoms with van der Waals surface area (Å²) >= 11 is 6.64. The molecule has 2 N–H and O–H groups in total. The maximum atomic E-state index is 12.7. The molecule has 1 aliphatic heterocycles. The number of nitro groups is 1. The van der Waals surface area contributed by atoms with Gasteiger partial charge in [-0.2, -0.15) is 0 Å². The summed E-state index contributed by atoms with van der Waals surface area (Å²) in [4.78, 5) is 49.3. The number of rotatable bonds is 9. The number of nitro benzene ring substituents is 1. The minimum Gasteiger partial charge on any atom is -0.293 e. The van der Waals surface area contributed by atoms with Crippen molar-refractivity contribution >= 4 is 57.8 Å². The molecule has 0 radical (unpaired) electrons. The van der Waals surface area contributed by atoms with E-state index in [-0.39, 0.29) is 23.6 Å². The predicted molar refractivity (Wildman–Crippen MR) is 138 cm³/mol. The molecule has 1 aliphatic rings. The van der Waals surface area contributed by atoms with E-state index >= 15 is 0 Å². The molecule has 9 nitrogen and oxygen atoms in total. The summed E-state index contributed by atoms with van der Waals surface area (Å²) < 4.78 is 0.517. The number of carbonyl (C=O) groups excluding carboxylic acids is 3. The Balaban J connectivity index is 1.38. The van der Waals surface area contributed by atoms with Crippen LogP contribution in [0.25, 0.3) is 6.08 Å². The molecule has 1 fully saturated rings. The molecule has 2 aromatic carbocycles. The summed E-state index contributed by atoms with van der Waals surface area (Å²) in [5, 5.41) is 11.0. The van der Waals surface area contributed by atoms with Gasteiger partial charge in [0.2, 0.25) is 5.91 Å². The van der Waals surface area contributed by atoms with Gasteiger partial charge in [0.05, 0.1) is 9.83 Å². The Morgan fingerprint density at radius 1 is 1.09 bits per heavy atom. The summed E-state index contributed by atoms with van der Waals surface area (Å²) in [5.74, 6) is -1.29. The van der Waals surface area contributed by atoms with Gasteiger partial charge >= 0.3 is 0 Å². The van der Waals surface area contributed by atoms with E-state index in [1.54, 1.807) is 4.90 Å². The average Bonchev–Trinajstić information content (AvgIpc) is 3.10. The van der Waals surface area contributed by atoms with Crippen LogP contribution in [-0.4, -0.2) is 38.4 Å². The molecule has 0 saturated carbocycles. The second kappa shape index (κ2) is 12.2.